The number of anilines is 1. The van der Waals surface area contributed by atoms with Gasteiger partial charge in [-0.15, -0.1) is 0 Å². The average molecular weight is 546 g/mol. The number of carbonyl (C=O) groups excluding carboxylic acids is 1. The van der Waals surface area contributed by atoms with Crippen molar-refractivity contribution in [2.24, 2.45) is 0 Å². The molecule has 206 valence electrons. The van der Waals surface area contributed by atoms with E-state index in [9.17, 15) is 13.6 Å². The Morgan fingerprint density at radius 3 is 2.67 bits per heavy atom. The highest BCUT2D eigenvalue weighted by atomic mass is 19.1. The average Bonchev–Trinajstić information content (AvgIpc) is 3.48. The minimum Gasteiger partial charge on any atom is -0.490 e. The van der Waals surface area contributed by atoms with Crippen LogP contribution >= 0.6 is 0 Å². The maximum atomic E-state index is 14.6. The summed E-state index contributed by atoms with van der Waals surface area (Å²) < 4.78 is 34.2. The van der Waals surface area contributed by atoms with Gasteiger partial charge in [0.05, 0.1) is 23.8 Å². The van der Waals surface area contributed by atoms with Crippen LogP contribution in [-0.2, 0) is 5.54 Å². The molecule has 11 heteroatoms. The minimum atomic E-state index is -0.704. The van der Waals surface area contributed by atoms with E-state index in [1.54, 1.807) is 30.6 Å². The number of likely N-dealkylation sites (tertiary alicyclic amines) is 1. The molecule has 2 aliphatic rings. The van der Waals surface area contributed by atoms with Gasteiger partial charge in [-0.05, 0) is 62.4 Å². The largest absolute Gasteiger partial charge is 0.490 e. The normalized spacial score (nSPS) is 18.4. The van der Waals surface area contributed by atoms with Crippen LogP contribution in [0.3, 0.4) is 0 Å². The number of pyridine rings is 1. The summed E-state index contributed by atoms with van der Waals surface area (Å²) >= 11 is 0. The molecule has 0 spiro atoms. The molecular weight excluding hydrogens is 516 g/mol. The number of aromatic amines is 1. The molecule has 1 atom stereocenters. The molecule has 6 rings (SSSR count). The maximum absolute atomic E-state index is 14.6. The Morgan fingerprint density at radius 1 is 1.10 bits per heavy atom. The monoisotopic (exact) mass is 545 g/mol. The van der Waals surface area contributed by atoms with Crippen LogP contribution in [0, 0.1) is 11.6 Å². The Bertz CT molecular complexity index is 1520. The zero-order valence-electron chi connectivity index (χ0n) is 22.0. The fourth-order valence-electron chi connectivity index (χ4n) is 5.37. The topological polar surface area (TPSA) is 108 Å². The van der Waals surface area contributed by atoms with Crippen molar-refractivity contribution < 1.29 is 18.3 Å². The summed E-state index contributed by atoms with van der Waals surface area (Å²) in [5.41, 5.74) is 1.51. The molecule has 40 heavy (non-hydrogen) atoms. The van der Waals surface area contributed by atoms with Crippen LogP contribution in [0.5, 0.6) is 5.75 Å². The molecule has 0 aliphatic carbocycles. The lowest BCUT2D eigenvalue weighted by molar-refractivity contribution is 0.0922. The summed E-state index contributed by atoms with van der Waals surface area (Å²) in [5, 5.41) is 14.1. The molecule has 0 radical (unpaired) electrons. The zero-order valence-corrected chi connectivity index (χ0v) is 22.0. The first-order valence-electron chi connectivity index (χ1n) is 13.2. The Morgan fingerprint density at radius 2 is 1.88 bits per heavy atom. The quantitative estimate of drug-likeness (QED) is 0.329. The van der Waals surface area contributed by atoms with Crippen LogP contribution in [0.25, 0.3) is 11.4 Å². The molecule has 2 aromatic heterocycles. The smallest absolute Gasteiger partial charge is 0.251 e. The Balaban J connectivity index is 1.25. The number of amides is 1. The highest BCUT2D eigenvalue weighted by Crippen LogP contribution is 2.37. The van der Waals surface area contributed by atoms with E-state index in [0.717, 1.165) is 55.1 Å². The summed E-state index contributed by atoms with van der Waals surface area (Å²) in [6.45, 7) is 1.88. The highest BCUT2D eigenvalue weighted by molar-refractivity contribution is 5.95. The van der Waals surface area contributed by atoms with Crippen molar-refractivity contribution in [2.75, 3.05) is 32.1 Å². The molecule has 3 N–H and O–H groups in total. The van der Waals surface area contributed by atoms with Crippen molar-refractivity contribution in [1.82, 2.24) is 30.4 Å². The predicted octanol–water partition coefficient (Wildman–Crippen LogP) is 4.43. The van der Waals surface area contributed by atoms with Gasteiger partial charge >= 0.3 is 0 Å². The predicted molar refractivity (Wildman–Crippen MR) is 145 cm³/mol. The number of H-pyrrole nitrogens is 1. The molecule has 2 aromatic carbocycles. The molecule has 4 heterocycles. The maximum Gasteiger partial charge on any atom is 0.251 e. The van der Waals surface area contributed by atoms with Crippen molar-refractivity contribution in [3.63, 3.8) is 0 Å². The third-order valence-corrected chi connectivity index (χ3v) is 7.63. The van der Waals surface area contributed by atoms with Gasteiger partial charge in [-0.2, -0.15) is 5.10 Å². The fourth-order valence-corrected chi connectivity index (χ4v) is 5.37. The van der Waals surface area contributed by atoms with Crippen molar-refractivity contribution in [3.8, 4) is 17.1 Å². The van der Waals surface area contributed by atoms with E-state index in [-0.39, 0.29) is 23.8 Å². The summed E-state index contributed by atoms with van der Waals surface area (Å²) in [6, 6.07) is 12.2. The van der Waals surface area contributed by atoms with Crippen LogP contribution in [0.1, 0.15) is 47.1 Å². The summed E-state index contributed by atoms with van der Waals surface area (Å²) in [7, 11) is 2.08. The number of halogens is 2. The molecule has 1 fully saturated rings. The molecule has 9 nitrogen and oxygen atoms in total. The van der Waals surface area contributed by atoms with Gasteiger partial charge in [-0.25, -0.2) is 13.8 Å². The zero-order chi connectivity index (χ0) is 27.7. The number of nitrogens with one attached hydrogen (secondary N) is 3. The molecule has 0 saturated carbocycles. The molecule has 1 amide bonds. The van der Waals surface area contributed by atoms with Gasteiger partial charge in [0, 0.05) is 48.7 Å². The van der Waals surface area contributed by atoms with Gasteiger partial charge in [0.15, 0.2) is 23.2 Å². The Hall–Kier alpha value is -4.38. The second kappa shape index (κ2) is 10.6. The highest BCUT2D eigenvalue weighted by Gasteiger charge is 2.39. The van der Waals surface area contributed by atoms with E-state index < -0.39 is 23.2 Å². The van der Waals surface area contributed by atoms with Crippen LogP contribution < -0.4 is 15.4 Å². The number of ether oxygens (including phenoxy) is 1. The van der Waals surface area contributed by atoms with Crippen molar-refractivity contribution in [3.05, 3.63) is 89.5 Å². The second-order valence-corrected chi connectivity index (χ2v) is 10.3. The van der Waals surface area contributed by atoms with Crippen molar-refractivity contribution >= 4 is 11.6 Å². The van der Waals surface area contributed by atoms with Crippen molar-refractivity contribution in [2.45, 2.75) is 30.8 Å². The standard InChI is InChI=1S/C29H29F2N7O2/c1-38-14-10-29(11-15-38,28-34-26(36-37-28)18-7-12-32-13-8-18)35-20-4-2-3-19(17-20)27(39)33-23-9-16-40-25-22(31)6-5-21(30)24(23)25/h2-8,12-13,17,23,35H,9-11,14-16H2,1H3,(H,33,39)(H,34,36,37)/t23-/m0/s1. The van der Waals surface area contributed by atoms with Gasteiger partial charge in [-0.1, -0.05) is 6.07 Å². The number of hydrogen-bond acceptors (Lipinski definition) is 7. The van der Waals surface area contributed by atoms with E-state index in [0.29, 0.717) is 17.8 Å². The van der Waals surface area contributed by atoms with Crippen LogP contribution in [0.15, 0.2) is 60.9 Å². The number of carbonyl (C=O) groups is 1. The lowest BCUT2D eigenvalue weighted by Crippen LogP contribution is -2.46. The second-order valence-electron chi connectivity index (χ2n) is 10.3. The van der Waals surface area contributed by atoms with Crippen LogP contribution in [-0.4, -0.2) is 57.7 Å². The minimum absolute atomic E-state index is 0.0366. The van der Waals surface area contributed by atoms with Crippen LogP contribution in [0.2, 0.25) is 0 Å². The van der Waals surface area contributed by atoms with E-state index >= 15 is 0 Å². The van der Waals surface area contributed by atoms with Gasteiger partial charge in [0.2, 0.25) is 0 Å². The number of piperidine rings is 1. The molecule has 0 bridgehead atoms. The number of nitrogens with zero attached hydrogens (tertiary/aromatic N) is 4. The number of hydrogen-bond donors (Lipinski definition) is 3. The first-order chi connectivity index (χ1) is 19.4. The van der Waals surface area contributed by atoms with Gasteiger partial charge in [0.1, 0.15) is 5.82 Å². The van der Waals surface area contributed by atoms with E-state index in [4.69, 9.17) is 9.72 Å². The third kappa shape index (κ3) is 5.00. The summed E-state index contributed by atoms with van der Waals surface area (Å²) in [6.07, 6.45) is 5.28. The summed E-state index contributed by atoms with van der Waals surface area (Å²) in [4.78, 5) is 24.4. The fraction of sp³-hybridized carbons (Fsp3) is 0.310. The Kier molecular flexibility index (Phi) is 6.89. The van der Waals surface area contributed by atoms with Gasteiger partial charge < -0.3 is 20.3 Å². The lowest BCUT2D eigenvalue weighted by atomic mass is 9.86. The molecule has 1 saturated heterocycles. The van der Waals surface area contributed by atoms with E-state index in [1.807, 2.05) is 18.2 Å². The number of fused-ring (bicyclic) bond motifs is 1. The Labute approximate surface area is 230 Å². The van der Waals surface area contributed by atoms with Gasteiger partial charge in [0.25, 0.3) is 5.91 Å². The third-order valence-electron chi connectivity index (χ3n) is 7.63. The van der Waals surface area contributed by atoms with E-state index in [2.05, 4.69) is 37.8 Å². The molecular formula is C29H29F2N7O2. The number of aromatic nitrogens is 4. The van der Waals surface area contributed by atoms with E-state index in [1.165, 1.54) is 0 Å². The number of rotatable bonds is 6. The molecule has 4 aromatic rings. The SMILES string of the molecule is CN1CCC(Nc2cccc(C(=O)N[C@H]3CCOc4c(F)ccc(F)c43)c2)(c2nc(-c3ccncc3)n[nH]2)CC1. The molecule has 0 unspecified atom stereocenters. The number of benzene rings is 2. The lowest BCUT2D eigenvalue weighted by Gasteiger charge is -2.40. The van der Waals surface area contributed by atoms with Gasteiger partial charge in [-0.3, -0.25) is 14.9 Å². The van der Waals surface area contributed by atoms with Crippen molar-refractivity contribution in [1.29, 1.82) is 0 Å². The van der Waals surface area contributed by atoms with Crippen LogP contribution in [0.4, 0.5) is 14.5 Å². The molecule has 2 aliphatic heterocycles. The first-order valence-corrected chi connectivity index (χ1v) is 13.2. The summed E-state index contributed by atoms with van der Waals surface area (Å²) in [5.74, 6) is -0.482. The first kappa shape index (κ1) is 25.9.